The van der Waals surface area contributed by atoms with Crippen molar-refractivity contribution in [1.29, 1.82) is 0 Å². The van der Waals surface area contributed by atoms with E-state index in [1.165, 1.54) is 0 Å². The number of likely N-dealkylation sites (tertiary alicyclic amines) is 1. The van der Waals surface area contributed by atoms with E-state index in [0.717, 1.165) is 43.8 Å². The van der Waals surface area contributed by atoms with Gasteiger partial charge in [-0.15, -0.1) is 0 Å². The lowest BCUT2D eigenvalue weighted by molar-refractivity contribution is 0.0996. The Hall–Kier alpha value is -4.30. The number of nitrogens with one attached hydrogen (secondary N) is 2. The van der Waals surface area contributed by atoms with Crippen LogP contribution >= 0.6 is 0 Å². The van der Waals surface area contributed by atoms with E-state index < -0.39 is 39.2 Å². The maximum absolute atomic E-state index is 14.4. The Morgan fingerprint density at radius 1 is 1.09 bits per heavy atom. The number of hydrogen-bond donors (Lipinski definition) is 3. The maximum atomic E-state index is 14.4. The van der Waals surface area contributed by atoms with Crippen LogP contribution in [0.25, 0.3) is 0 Å². The molecule has 1 aromatic heterocycles. The molecule has 0 unspecified atom stereocenters. The number of urea groups is 1. The highest BCUT2D eigenvalue weighted by molar-refractivity contribution is 7.92. The quantitative estimate of drug-likeness (QED) is 0.257. The molecule has 0 radical (unpaired) electrons. The van der Waals surface area contributed by atoms with E-state index in [1.54, 1.807) is 41.4 Å². The molecule has 0 bridgehead atoms. The van der Waals surface area contributed by atoms with E-state index in [0.29, 0.717) is 49.3 Å². The predicted octanol–water partition coefficient (Wildman–Crippen LogP) is 4.92. The molecule has 1 saturated heterocycles. The van der Waals surface area contributed by atoms with Crippen LogP contribution in [0.5, 0.6) is 11.6 Å². The van der Waals surface area contributed by atoms with Gasteiger partial charge in [0.2, 0.25) is 15.9 Å². The maximum Gasteiger partial charge on any atom is 0.322 e. The first-order valence-corrected chi connectivity index (χ1v) is 16.1. The third kappa shape index (κ3) is 9.10. The van der Waals surface area contributed by atoms with Gasteiger partial charge < -0.3 is 20.7 Å². The van der Waals surface area contributed by atoms with Gasteiger partial charge in [-0.2, -0.15) is 0 Å². The van der Waals surface area contributed by atoms with Crippen molar-refractivity contribution < 1.29 is 31.5 Å². The number of pyridine rings is 1. The van der Waals surface area contributed by atoms with E-state index >= 15 is 0 Å². The van der Waals surface area contributed by atoms with Crippen LogP contribution in [0.3, 0.4) is 0 Å². The van der Waals surface area contributed by atoms with E-state index in [2.05, 4.69) is 19.9 Å². The number of halogens is 2. The van der Waals surface area contributed by atoms with Crippen molar-refractivity contribution in [2.75, 3.05) is 35.9 Å². The van der Waals surface area contributed by atoms with Crippen LogP contribution in [0.15, 0.2) is 54.7 Å². The fourth-order valence-electron chi connectivity index (χ4n) is 4.94. The number of anilines is 2. The number of nitrogens with two attached hydrogens (primary N) is 1. The van der Waals surface area contributed by atoms with Crippen molar-refractivity contribution in [3.05, 3.63) is 77.5 Å². The molecular weight excluding hydrogens is 594 g/mol. The summed E-state index contributed by atoms with van der Waals surface area (Å²) in [6.07, 6.45) is 5.84. The van der Waals surface area contributed by atoms with Gasteiger partial charge in [0.15, 0.2) is 0 Å². The van der Waals surface area contributed by atoms with Crippen molar-refractivity contribution >= 4 is 33.3 Å². The minimum Gasteiger partial charge on any atom is -0.439 e. The first-order chi connectivity index (χ1) is 20.9. The normalized spacial score (nSPS) is 14.2. The van der Waals surface area contributed by atoms with Crippen LogP contribution in [0.2, 0.25) is 0 Å². The van der Waals surface area contributed by atoms with Crippen LogP contribution in [-0.4, -0.2) is 67.1 Å². The Labute approximate surface area is 255 Å². The van der Waals surface area contributed by atoms with Gasteiger partial charge in [0.25, 0.3) is 5.91 Å². The number of aromatic nitrogens is 1. The van der Waals surface area contributed by atoms with Crippen molar-refractivity contribution in [3.63, 3.8) is 0 Å². The number of hydrogen-bond acceptors (Lipinski definition) is 7. The number of unbranched alkanes of at least 4 members (excludes halogenated alkanes) is 1. The van der Waals surface area contributed by atoms with Crippen molar-refractivity contribution in [2.45, 2.75) is 45.2 Å². The number of carbonyl (C=O) groups excluding carboxylic acids is 2. The van der Waals surface area contributed by atoms with Crippen molar-refractivity contribution in [2.24, 2.45) is 5.73 Å². The lowest BCUT2D eigenvalue weighted by Gasteiger charge is -2.38. The van der Waals surface area contributed by atoms with Crippen LogP contribution < -0.4 is 20.5 Å². The smallest absolute Gasteiger partial charge is 0.322 e. The number of piperidine rings is 1. The fraction of sp³-hybridized carbons (Fsp3) is 0.367. The zero-order valence-corrected chi connectivity index (χ0v) is 25.4. The second-order valence-electron chi connectivity index (χ2n) is 10.7. The monoisotopic (exact) mass is 630 g/mol. The number of ether oxygens (including phenoxy) is 1. The summed E-state index contributed by atoms with van der Waals surface area (Å²) >= 11 is 0. The zero-order chi connectivity index (χ0) is 31.9. The standard InChI is InChI=1S/C30H36F2N6O5S/c1-3-4-13-38(30(40)35-27-16-24(29(33)39)25(31)17-26(27)32)22-11-14-37(15-12-22)19-20-5-10-28(34-18-20)43-23-8-6-21(7-9-23)36-44(2,41)42/h5-10,16-18,22,36H,3-4,11-15,19H2,1-2H3,(H2,33,39)(H,35,40). The summed E-state index contributed by atoms with van der Waals surface area (Å²) in [7, 11) is -3.36. The lowest BCUT2D eigenvalue weighted by atomic mass is 10.0. The van der Waals surface area contributed by atoms with Crippen LogP contribution in [-0.2, 0) is 16.6 Å². The van der Waals surface area contributed by atoms with Crippen molar-refractivity contribution in [3.8, 4) is 11.6 Å². The van der Waals surface area contributed by atoms with Gasteiger partial charge in [-0.1, -0.05) is 19.4 Å². The minimum atomic E-state index is -3.36. The number of carbonyl (C=O) groups is 2. The average molecular weight is 631 g/mol. The molecule has 0 spiro atoms. The van der Waals surface area contributed by atoms with Gasteiger partial charge in [0, 0.05) is 56.2 Å². The molecule has 4 rings (SSSR count). The highest BCUT2D eigenvalue weighted by atomic mass is 32.2. The number of primary amides is 1. The summed E-state index contributed by atoms with van der Waals surface area (Å²) in [5, 5.41) is 2.50. The Morgan fingerprint density at radius 2 is 1.80 bits per heavy atom. The summed E-state index contributed by atoms with van der Waals surface area (Å²) in [6.45, 7) is 4.59. The molecule has 0 aliphatic carbocycles. The minimum absolute atomic E-state index is 0.0788. The Morgan fingerprint density at radius 3 is 2.39 bits per heavy atom. The molecule has 1 aliphatic rings. The molecule has 14 heteroatoms. The molecule has 0 atom stereocenters. The van der Waals surface area contributed by atoms with Gasteiger partial charge in [-0.25, -0.2) is 27.0 Å². The number of nitrogens with zero attached hydrogens (tertiary/aromatic N) is 3. The molecule has 44 heavy (non-hydrogen) atoms. The molecule has 0 saturated carbocycles. The highest BCUT2D eigenvalue weighted by Crippen LogP contribution is 2.25. The number of sulfonamides is 1. The molecule has 4 N–H and O–H groups in total. The summed E-state index contributed by atoms with van der Waals surface area (Å²) in [6, 6.07) is 11.0. The molecular formula is C30H36F2N6O5S. The van der Waals surface area contributed by atoms with Crippen LogP contribution in [0.4, 0.5) is 25.0 Å². The van der Waals surface area contributed by atoms with Crippen LogP contribution in [0, 0.1) is 11.6 Å². The highest BCUT2D eigenvalue weighted by Gasteiger charge is 2.28. The number of amides is 3. The van der Waals surface area contributed by atoms with Gasteiger partial charge >= 0.3 is 6.03 Å². The Bertz CT molecular complexity index is 1560. The van der Waals surface area contributed by atoms with Gasteiger partial charge in [0.1, 0.15) is 17.4 Å². The zero-order valence-electron chi connectivity index (χ0n) is 24.6. The largest absolute Gasteiger partial charge is 0.439 e. The van der Waals surface area contributed by atoms with Crippen molar-refractivity contribution in [1.82, 2.24) is 14.8 Å². The fourth-order valence-corrected chi connectivity index (χ4v) is 5.50. The van der Waals surface area contributed by atoms with E-state index in [-0.39, 0.29) is 11.7 Å². The first-order valence-electron chi connectivity index (χ1n) is 14.2. The summed E-state index contributed by atoms with van der Waals surface area (Å²) in [4.78, 5) is 33.0. The summed E-state index contributed by atoms with van der Waals surface area (Å²) in [5.74, 6) is -2.22. The van der Waals surface area contributed by atoms with Gasteiger partial charge in [0.05, 0.1) is 17.5 Å². The van der Waals surface area contributed by atoms with E-state index in [4.69, 9.17) is 10.5 Å². The molecule has 236 valence electrons. The van der Waals surface area contributed by atoms with E-state index in [9.17, 15) is 26.8 Å². The predicted molar refractivity (Wildman–Crippen MR) is 163 cm³/mol. The SMILES string of the molecule is CCCCN(C(=O)Nc1cc(C(N)=O)c(F)cc1F)C1CCN(Cc2ccc(Oc3ccc(NS(C)(=O)=O)cc3)nc2)CC1. The van der Waals surface area contributed by atoms with Gasteiger partial charge in [-0.3, -0.25) is 14.4 Å². The molecule has 2 heterocycles. The first kappa shape index (κ1) is 32.6. The summed E-state index contributed by atoms with van der Waals surface area (Å²) < 4.78 is 59.2. The second kappa shape index (κ2) is 14.4. The molecule has 11 nitrogen and oxygen atoms in total. The lowest BCUT2D eigenvalue weighted by Crippen LogP contribution is -2.49. The molecule has 3 amide bonds. The number of rotatable bonds is 12. The molecule has 2 aromatic carbocycles. The van der Waals surface area contributed by atoms with Crippen LogP contribution in [0.1, 0.15) is 48.5 Å². The third-order valence-electron chi connectivity index (χ3n) is 7.16. The average Bonchev–Trinajstić information content (AvgIpc) is 2.96. The summed E-state index contributed by atoms with van der Waals surface area (Å²) in [5.41, 5.74) is 5.80. The van der Waals surface area contributed by atoms with Gasteiger partial charge in [-0.05, 0) is 55.2 Å². The second-order valence-corrected chi connectivity index (χ2v) is 12.4. The third-order valence-corrected chi connectivity index (χ3v) is 7.77. The Balaban J connectivity index is 1.31. The molecule has 1 fully saturated rings. The van der Waals surface area contributed by atoms with E-state index in [1.807, 2.05) is 13.0 Å². The number of benzene rings is 2. The topological polar surface area (TPSA) is 147 Å². The molecule has 1 aliphatic heterocycles. The molecule has 3 aromatic rings. The Kier molecular flexibility index (Phi) is 10.7.